The lowest BCUT2D eigenvalue weighted by Gasteiger charge is -2.05. The molecular formula is C7H5F3INO. The lowest BCUT2D eigenvalue weighted by molar-refractivity contribution is 0.139. The zero-order chi connectivity index (χ0) is 10.0. The highest BCUT2D eigenvalue weighted by Crippen LogP contribution is 2.26. The van der Waals surface area contributed by atoms with Crippen LogP contribution in [0, 0.1) is 9.39 Å². The summed E-state index contributed by atoms with van der Waals surface area (Å²) >= 11 is 1.60. The SMILES string of the molecule is COc1cc(I)c(F)c(C(F)F)n1. The van der Waals surface area contributed by atoms with Gasteiger partial charge < -0.3 is 4.74 Å². The van der Waals surface area contributed by atoms with Crippen molar-refractivity contribution in [3.05, 3.63) is 21.1 Å². The molecule has 0 aliphatic rings. The van der Waals surface area contributed by atoms with Gasteiger partial charge >= 0.3 is 0 Å². The molecule has 2 nitrogen and oxygen atoms in total. The molecule has 0 aliphatic heterocycles. The first-order valence-electron chi connectivity index (χ1n) is 3.24. The standard InChI is InChI=1S/C7H5F3INO/c1-13-4-2-3(11)5(8)6(12-4)7(9)10/h2,7H,1H3. The van der Waals surface area contributed by atoms with Crippen LogP contribution in [-0.4, -0.2) is 12.1 Å². The van der Waals surface area contributed by atoms with Crippen molar-refractivity contribution in [2.75, 3.05) is 7.11 Å². The monoisotopic (exact) mass is 303 g/mol. The number of halogens is 4. The molecule has 0 unspecified atom stereocenters. The first-order chi connectivity index (χ1) is 6.06. The molecule has 0 aliphatic carbocycles. The number of ether oxygens (including phenoxy) is 1. The molecule has 0 saturated heterocycles. The summed E-state index contributed by atoms with van der Waals surface area (Å²) in [6.07, 6.45) is -2.93. The molecule has 0 saturated carbocycles. The Morgan fingerprint density at radius 3 is 2.62 bits per heavy atom. The van der Waals surface area contributed by atoms with Crippen LogP contribution in [-0.2, 0) is 0 Å². The van der Waals surface area contributed by atoms with Crippen LogP contribution in [0.1, 0.15) is 12.1 Å². The van der Waals surface area contributed by atoms with Gasteiger partial charge in [-0.1, -0.05) is 0 Å². The summed E-state index contributed by atoms with van der Waals surface area (Å²) in [4.78, 5) is 3.30. The van der Waals surface area contributed by atoms with Crippen molar-refractivity contribution in [3.8, 4) is 5.88 Å². The fraction of sp³-hybridized carbons (Fsp3) is 0.286. The number of pyridine rings is 1. The summed E-state index contributed by atoms with van der Waals surface area (Å²) in [5.41, 5.74) is -0.872. The highest BCUT2D eigenvalue weighted by molar-refractivity contribution is 14.1. The van der Waals surface area contributed by atoms with Crippen LogP contribution in [0.3, 0.4) is 0 Å². The third-order valence-electron chi connectivity index (χ3n) is 1.33. The van der Waals surface area contributed by atoms with Crippen LogP contribution in [0.4, 0.5) is 13.2 Å². The summed E-state index contributed by atoms with van der Waals surface area (Å²) in [5.74, 6) is -1.00. The van der Waals surface area contributed by atoms with Crippen molar-refractivity contribution in [1.29, 1.82) is 0 Å². The first-order valence-corrected chi connectivity index (χ1v) is 4.32. The summed E-state index contributed by atoms with van der Waals surface area (Å²) in [6, 6.07) is 1.25. The maximum Gasteiger partial charge on any atom is 0.283 e. The van der Waals surface area contributed by atoms with Crippen LogP contribution < -0.4 is 4.74 Å². The molecule has 0 aromatic carbocycles. The molecule has 0 fully saturated rings. The topological polar surface area (TPSA) is 22.1 Å². The van der Waals surface area contributed by atoms with Crippen molar-refractivity contribution in [3.63, 3.8) is 0 Å². The Bertz CT molecular complexity index is 319. The molecule has 1 heterocycles. The van der Waals surface area contributed by atoms with Crippen LogP contribution in [0.5, 0.6) is 5.88 Å². The van der Waals surface area contributed by atoms with Gasteiger partial charge in [0.2, 0.25) is 5.88 Å². The number of rotatable bonds is 2. The van der Waals surface area contributed by atoms with Crippen molar-refractivity contribution in [2.24, 2.45) is 0 Å². The van der Waals surface area contributed by atoms with E-state index in [-0.39, 0.29) is 9.45 Å². The Hall–Kier alpha value is -0.530. The Kier molecular flexibility index (Phi) is 3.34. The van der Waals surface area contributed by atoms with Gasteiger partial charge in [0.15, 0.2) is 5.82 Å². The van der Waals surface area contributed by atoms with E-state index in [0.717, 1.165) is 0 Å². The van der Waals surface area contributed by atoms with Crippen LogP contribution >= 0.6 is 22.6 Å². The second-order valence-electron chi connectivity index (χ2n) is 2.15. The van der Waals surface area contributed by atoms with Crippen molar-refractivity contribution in [1.82, 2.24) is 4.98 Å². The van der Waals surface area contributed by atoms with Gasteiger partial charge in [0.05, 0.1) is 10.7 Å². The van der Waals surface area contributed by atoms with E-state index in [1.165, 1.54) is 13.2 Å². The Balaban J connectivity index is 3.25. The van der Waals surface area contributed by atoms with E-state index in [4.69, 9.17) is 0 Å². The van der Waals surface area contributed by atoms with Gasteiger partial charge in [0.25, 0.3) is 6.43 Å². The van der Waals surface area contributed by atoms with Gasteiger partial charge in [-0.2, -0.15) is 0 Å². The van der Waals surface area contributed by atoms with Gasteiger partial charge in [-0.3, -0.25) is 0 Å². The van der Waals surface area contributed by atoms with E-state index in [1.807, 2.05) is 0 Å². The third-order valence-corrected chi connectivity index (χ3v) is 2.12. The molecule has 72 valence electrons. The second kappa shape index (κ2) is 4.12. The van der Waals surface area contributed by atoms with E-state index >= 15 is 0 Å². The van der Waals surface area contributed by atoms with E-state index in [1.54, 1.807) is 22.6 Å². The predicted octanol–water partition coefficient (Wildman–Crippen LogP) is 2.77. The number of hydrogen-bond donors (Lipinski definition) is 0. The Labute approximate surface area is 86.3 Å². The minimum atomic E-state index is -2.93. The maximum atomic E-state index is 13.0. The molecule has 1 aromatic rings. The molecule has 0 amide bonds. The van der Waals surface area contributed by atoms with Crippen molar-refractivity contribution in [2.45, 2.75) is 6.43 Å². The molecule has 0 bridgehead atoms. The van der Waals surface area contributed by atoms with E-state index < -0.39 is 17.9 Å². The summed E-state index contributed by atoms with van der Waals surface area (Å²) in [7, 11) is 1.28. The zero-order valence-electron chi connectivity index (χ0n) is 6.52. The lowest BCUT2D eigenvalue weighted by atomic mass is 10.3. The van der Waals surface area contributed by atoms with Crippen LogP contribution in [0.25, 0.3) is 0 Å². The molecule has 0 spiro atoms. The zero-order valence-corrected chi connectivity index (χ0v) is 8.68. The Morgan fingerprint density at radius 2 is 2.15 bits per heavy atom. The minimum absolute atomic E-state index is 0.0129. The second-order valence-corrected chi connectivity index (χ2v) is 3.31. The number of aromatic nitrogens is 1. The molecule has 0 radical (unpaired) electrons. The third kappa shape index (κ3) is 2.23. The van der Waals surface area contributed by atoms with Gasteiger partial charge in [-0.05, 0) is 22.6 Å². The molecule has 1 rings (SSSR count). The van der Waals surface area contributed by atoms with E-state index in [2.05, 4.69) is 9.72 Å². The number of alkyl halides is 2. The highest BCUT2D eigenvalue weighted by Gasteiger charge is 2.19. The molecule has 0 atom stereocenters. The molecule has 13 heavy (non-hydrogen) atoms. The first kappa shape index (κ1) is 10.6. The average molecular weight is 303 g/mol. The van der Waals surface area contributed by atoms with Gasteiger partial charge in [-0.15, -0.1) is 0 Å². The quantitative estimate of drug-likeness (QED) is 0.784. The number of nitrogens with zero attached hydrogens (tertiary/aromatic N) is 1. The summed E-state index contributed by atoms with van der Waals surface area (Å²) in [5, 5.41) is 0. The maximum absolute atomic E-state index is 13.0. The number of hydrogen-bond acceptors (Lipinski definition) is 2. The fourth-order valence-corrected chi connectivity index (χ4v) is 1.29. The highest BCUT2D eigenvalue weighted by atomic mass is 127. The van der Waals surface area contributed by atoms with Gasteiger partial charge in [0, 0.05) is 6.07 Å². The smallest absolute Gasteiger partial charge is 0.283 e. The normalized spacial score (nSPS) is 10.6. The van der Waals surface area contributed by atoms with Crippen LogP contribution in [0.2, 0.25) is 0 Å². The molecule has 6 heteroatoms. The van der Waals surface area contributed by atoms with Gasteiger partial charge in [-0.25, -0.2) is 18.2 Å². The average Bonchev–Trinajstić information content (AvgIpc) is 2.09. The minimum Gasteiger partial charge on any atom is -0.481 e. The molecular weight excluding hydrogens is 298 g/mol. The summed E-state index contributed by atoms with van der Waals surface area (Å²) in [6.45, 7) is 0. The summed E-state index contributed by atoms with van der Waals surface area (Å²) < 4.78 is 42.0. The van der Waals surface area contributed by atoms with E-state index in [0.29, 0.717) is 0 Å². The predicted molar refractivity (Wildman–Crippen MR) is 48.4 cm³/mol. The van der Waals surface area contributed by atoms with Crippen LogP contribution in [0.15, 0.2) is 6.07 Å². The molecule has 1 aromatic heterocycles. The lowest BCUT2D eigenvalue weighted by Crippen LogP contribution is -2.00. The fourth-order valence-electron chi connectivity index (χ4n) is 0.743. The Morgan fingerprint density at radius 1 is 1.54 bits per heavy atom. The van der Waals surface area contributed by atoms with Crippen molar-refractivity contribution >= 4 is 22.6 Å². The van der Waals surface area contributed by atoms with Gasteiger partial charge in [0.1, 0.15) is 5.69 Å². The largest absolute Gasteiger partial charge is 0.481 e. The van der Waals surface area contributed by atoms with E-state index in [9.17, 15) is 13.2 Å². The molecule has 0 N–H and O–H groups in total. The van der Waals surface area contributed by atoms with Crippen molar-refractivity contribution < 1.29 is 17.9 Å². The number of methoxy groups -OCH3 is 1.